The fourth-order valence-corrected chi connectivity index (χ4v) is 3.85. The molecule has 4 rings (SSSR count). The molecule has 4 aromatic rings. The van der Waals surface area contributed by atoms with Crippen LogP contribution in [-0.2, 0) is 6.42 Å². The first kappa shape index (κ1) is 23.9. The first-order valence-corrected chi connectivity index (χ1v) is 11.3. The van der Waals surface area contributed by atoms with E-state index in [4.69, 9.17) is 19.3 Å². The maximum Gasteiger partial charge on any atom is 0.272 e. The first-order chi connectivity index (χ1) is 17.0. The monoisotopic (exact) mass is 471 g/mol. The van der Waals surface area contributed by atoms with Gasteiger partial charge >= 0.3 is 0 Å². The summed E-state index contributed by atoms with van der Waals surface area (Å²) in [5, 5.41) is 4.77. The van der Waals surface area contributed by atoms with Crippen molar-refractivity contribution in [2.75, 3.05) is 34.9 Å². The molecule has 0 aliphatic carbocycles. The summed E-state index contributed by atoms with van der Waals surface area (Å²) in [7, 11) is 6.65. The Morgan fingerprint density at radius 1 is 0.857 bits per heavy atom. The van der Waals surface area contributed by atoms with Gasteiger partial charge in [-0.05, 0) is 54.4 Å². The van der Waals surface area contributed by atoms with Crippen LogP contribution in [-0.4, -0.2) is 55.5 Å². The lowest BCUT2D eigenvalue weighted by atomic mass is 10.1. The Bertz CT molecular complexity index is 1300. The van der Waals surface area contributed by atoms with Crippen molar-refractivity contribution in [2.45, 2.75) is 6.42 Å². The number of nitrogens with zero attached hydrogens (tertiary/aromatic N) is 3. The average Bonchev–Trinajstić information content (AvgIpc) is 3.37. The van der Waals surface area contributed by atoms with Crippen molar-refractivity contribution in [3.8, 4) is 34.2 Å². The first-order valence-electron chi connectivity index (χ1n) is 11.3. The summed E-state index contributed by atoms with van der Waals surface area (Å²) in [5.41, 5.74) is 3.93. The summed E-state index contributed by atoms with van der Waals surface area (Å²) in [6.07, 6.45) is 0.671. The molecular weight excluding hydrogens is 442 g/mol. The fourth-order valence-electron chi connectivity index (χ4n) is 3.85. The van der Waals surface area contributed by atoms with Gasteiger partial charge in [-0.2, -0.15) is 5.10 Å². The molecule has 0 unspecified atom stereocenters. The van der Waals surface area contributed by atoms with Crippen LogP contribution < -0.4 is 14.2 Å². The van der Waals surface area contributed by atoms with E-state index in [1.807, 2.05) is 78.9 Å². The molecule has 0 N–H and O–H groups in total. The third-order valence-electron chi connectivity index (χ3n) is 5.83. The van der Waals surface area contributed by atoms with Crippen LogP contribution in [0.2, 0.25) is 0 Å². The van der Waals surface area contributed by atoms with Crippen molar-refractivity contribution < 1.29 is 19.0 Å². The minimum atomic E-state index is -0.115. The van der Waals surface area contributed by atoms with Crippen LogP contribution in [0.5, 0.6) is 17.2 Å². The standard InChI is InChI=1S/C28H29N3O4/c1-30(16-15-20-13-14-26(34-3)27(17-20)35-4)28(32)25-19-24(21-9-8-12-23(18-21)33-2)29-31(25)22-10-6-5-7-11-22/h5-14,17-19H,15-16H2,1-4H3. The highest BCUT2D eigenvalue weighted by Crippen LogP contribution is 2.28. The summed E-state index contributed by atoms with van der Waals surface area (Å²) >= 11 is 0. The third kappa shape index (κ3) is 5.30. The summed E-state index contributed by atoms with van der Waals surface area (Å²) in [4.78, 5) is 15.3. The summed E-state index contributed by atoms with van der Waals surface area (Å²) in [5.74, 6) is 1.97. The van der Waals surface area contributed by atoms with E-state index in [0.717, 1.165) is 22.6 Å². The number of amides is 1. The van der Waals surface area contributed by atoms with Crippen LogP contribution in [0.15, 0.2) is 78.9 Å². The predicted octanol–water partition coefficient (Wildman–Crippen LogP) is 4.88. The van der Waals surface area contributed by atoms with Gasteiger partial charge in [0.05, 0.1) is 32.7 Å². The predicted molar refractivity (Wildman–Crippen MR) is 136 cm³/mol. The number of carbonyl (C=O) groups excluding carboxylic acids is 1. The number of para-hydroxylation sites is 1. The van der Waals surface area contributed by atoms with E-state index in [1.54, 1.807) is 38.0 Å². The molecule has 0 bridgehead atoms. The van der Waals surface area contributed by atoms with Crippen molar-refractivity contribution in [2.24, 2.45) is 0 Å². The molecule has 0 aliphatic rings. The third-order valence-corrected chi connectivity index (χ3v) is 5.83. The normalized spacial score (nSPS) is 10.6. The Morgan fingerprint density at radius 3 is 2.34 bits per heavy atom. The van der Waals surface area contributed by atoms with Gasteiger partial charge in [0.15, 0.2) is 11.5 Å². The van der Waals surface area contributed by atoms with E-state index < -0.39 is 0 Å². The van der Waals surface area contributed by atoms with E-state index in [1.165, 1.54) is 0 Å². The van der Waals surface area contributed by atoms with Gasteiger partial charge in [0.2, 0.25) is 0 Å². The lowest BCUT2D eigenvalue weighted by Crippen LogP contribution is -2.30. The number of methoxy groups -OCH3 is 3. The number of hydrogen-bond donors (Lipinski definition) is 0. The van der Waals surface area contributed by atoms with Crippen LogP contribution in [0.1, 0.15) is 16.1 Å². The average molecular weight is 472 g/mol. The van der Waals surface area contributed by atoms with Gasteiger partial charge in [0.25, 0.3) is 5.91 Å². The second-order valence-electron chi connectivity index (χ2n) is 8.06. The van der Waals surface area contributed by atoms with E-state index in [9.17, 15) is 4.79 Å². The minimum absolute atomic E-state index is 0.115. The lowest BCUT2D eigenvalue weighted by molar-refractivity contribution is 0.0787. The lowest BCUT2D eigenvalue weighted by Gasteiger charge is -2.18. The zero-order valence-electron chi connectivity index (χ0n) is 20.4. The van der Waals surface area contributed by atoms with Crippen LogP contribution in [0.25, 0.3) is 16.9 Å². The number of carbonyl (C=O) groups is 1. The van der Waals surface area contributed by atoms with Crippen LogP contribution in [0.3, 0.4) is 0 Å². The van der Waals surface area contributed by atoms with Crippen molar-refractivity contribution in [1.82, 2.24) is 14.7 Å². The van der Waals surface area contributed by atoms with Gasteiger partial charge in [-0.25, -0.2) is 4.68 Å². The number of hydrogen-bond acceptors (Lipinski definition) is 5. The van der Waals surface area contributed by atoms with Crippen LogP contribution in [0, 0.1) is 0 Å². The van der Waals surface area contributed by atoms with Gasteiger partial charge in [0, 0.05) is 19.2 Å². The highest BCUT2D eigenvalue weighted by atomic mass is 16.5. The second kappa shape index (κ2) is 10.8. The summed E-state index contributed by atoms with van der Waals surface area (Å²) in [6, 6.07) is 24.9. The van der Waals surface area contributed by atoms with Crippen molar-refractivity contribution in [1.29, 1.82) is 0 Å². The molecule has 7 heteroatoms. The summed E-state index contributed by atoms with van der Waals surface area (Å²) in [6.45, 7) is 0.531. The fraction of sp³-hybridized carbons (Fsp3) is 0.214. The van der Waals surface area contributed by atoms with Crippen molar-refractivity contribution >= 4 is 5.91 Å². The molecule has 35 heavy (non-hydrogen) atoms. The Hall–Kier alpha value is -4.26. The molecule has 0 saturated carbocycles. The van der Waals surface area contributed by atoms with E-state index in [2.05, 4.69) is 0 Å². The van der Waals surface area contributed by atoms with Crippen molar-refractivity contribution in [3.05, 3.63) is 90.1 Å². The molecular formula is C28H29N3O4. The quantitative estimate of drug-likeness (QED) is 0.348. The second-order valence-corrected chi connectivity index (χ2v) is 8.06. The molecule has 180 valence electrons. The topological polar surface area (TPSA) is 65.8 Å². The van der Waals surface area contributed by atoms with Gasteiger partial charge < -0.3 is 19.1 Å². The van der Waals surface area contributed by atoms with Crippen LogP contribution in [0.4, 0.5) is 0 Å². The molecule has 0 radical (unpaired) electrons. The highest BCUT2D eigenvalue weighted by molar-refractivity contribution is 5.94. The Balaban J connectivity index is 1.61. The number of ether oxygens (including phenoxy) is 3. The SMILES string of the molecule is COc1cccc(-c2cc(C(=O)N(C)CCc3ccc(OC)c(OC)c3)n(-c3ccccc3)n2)c1. The minimum Gasteiger partial charge on any atom is -0.497 e. The van der Waals surface area contributed by atoms with Gasteiger partial charge in [-0.15, -0.1) is 0 Å². The van der Waals surface area contributed by atoms with E-state index in [-0.39, 0.29) is 5.91 Å². The zero-order chi connectivity index (χ0) is 24.8. The Kier molecular flexibility index (Phi) is 7.35. The number of likely N-dealkylation sites (N-methyl/N-ethyl adjacent to an activating group) is 1. The Labute approximate surface area is 205 Å². The number of benzene rings is 3. The van der Waals surface area contributed by atoms with Gasteiger partial charge in [-0.3, -0.25) is 4.79 Å². The highest BCUT2D eigenvalue weighted by Gasteiger charge is 2.21. The molecule has 0 fully saturated rings. The number of aromatic nitrogens is 2. The molecule has 3 aromatic carbocycles. The molecule has 1 heterocycles. The molecule has 0 aliphatic heterocycles. The van der Waals surface area contributed by atoms with Gasteiger partial charge in [0.1, 0.15) is 11.4 Å². The molecule has 1 amide bonds. The largest absolute Gasteiger partial charge is 0.497 e. The molecule has 0 atom stereocenters. The van der Waals surface area contributed by atoms with Crippen molar-refractivity contribution in [3.63, 3.8) is 0 Å². The molecule has 0 saturated heterocycles. The maximum absolute atomic E-state index is 13.5. The zero-order valence-corrected chi connectivity index (χ0v) is 20.4. The molecule has 7 nitrogen and oxygen atoms in total. The molecule has 1 aromatic heterocycles. The smallest absolute Gasteiger partial charge is 0.272 e. The van der Waals surface area contributed by atoms with Crippen LogP contribution >= 0.6 is 0 Å². The maximum atomic E-state index is 13.5. The summed E-state index contributed by atoms with van der Waals surface area (Å²) < 4.78 is 17.8. The van der Waals surface area contributed by atoms with E-state index in [0.29, 0.717) is 35.9 Å². The number of rotatable bonds is 9. The van der Waals surface area contributed by atoms with Gasteiger partial charge in [-0.1, -0.05) is 36.4 Å². The Morgan fingerprint density at radius 2 is 1.63 bits per heavy atom. The van der Waals surface area contributed by atoms with E-state index >= 15 is 0 Å². The molecule has 0 spiro atoms.